The van der Waals surface area contributed by atoms with Gasteiger partial charge in [0, 0.05) is 0 Å². The molecule has 1 aliphatic rings. The molecule has 3 N–H and O–H groups in total. The summed E-state index contributed by atoms with van der Waals surface area (Å²) in [7, 11) is 0. The molecule has 0 amide bonds. The molecular formula is C3H8NO2PS. The third kappa shape index (κ3) is 1.27. The SMILES string of the molecule is C[C@H]1O[C@H]1P(N)(O)=S. The first-order chi connectivity index (χ1) is 3.52. The maximum absolute atomic E-state index is 8.91. The van der Waals surface area contributed by atoms with Gasteiger partial charge in [-0.2, -0.15) is 0 Å². The van der Waals surface area contributed by atoms with Crippen LogP contribution in [0.15, 0.2) is 0 Å². The fraction of sp³-hybridized carbons (Fsp3) is 1.00. The van der Waals surface area contributed by atoms with E-state index in [0.717, 1.165) is 0 Å². The standard InChI is InChI=1S/C3H8NO2PS/c1-2-3(6-2)7(4,5)8/h2-3H,1H3,(H3,4,5,8)/t2-,3+,7?/m1/s1. The van der Waals surface area contributed by atoms with E-state index in [-0.39, 0.29) is 11.9 Å². The van der Waals surface area contributed by atoms with Gasteiger partial charge in [-0.3, -0.25) is 5.50 Å². The largest absolute Gasteiger partial charge is 0.360 e. The number of hydrogen-bond donors (Lipinski definition) is 2. The van der Waals surface area contributed by atoms with Crippen molar-refractivity contribution in [3.8, 4) is 0 Å². The zero-order chi connectivity index (χ0) is 6.36. The minimum atomic E-state index is -2.57. The molecule has 0 aromatic rings. The number of hydrogen-bond acceptors (Lipinski definition) is 2. The smallest absolute Gasteiger partial charge is 0.155 e. The highest BCUT2D eigenvalue weighted by Gasteiger charge is 2.43. The topological polar surface area (TPSA) is 58.8 Å². The van der Waals surface area contributed by atoms with Gasteiger partial charge < -0.3 is 9.63 Å². The van der Waals surface area contributed by atoms with Gasteiger partial charge in [0.15, 0.2) is 6.42 Å². The van der Waals surface area contributed by atoms with Gasteiger partial charge in [0.1, 0.15) is 5.85 Å². The second kappa shape index (κ2) is 1.75. The fourth-order valence-corrected chi connectivity index (χ4v) is 2.19. The zero-order valence-corrected chi connectivity index (χ0v) is 6.15. The van der Waals surface area contributed by atoms with Crippen LogP contribution in [0.5, 0.6) is 0 Å². The van der Waals surface area contributed by atoms with E-state index in [1.165, 1.54) is 0 Å². The second-order valence-electron chi connectivity index (χ2n) is 1.90. The van der Waals surface area contributed by atoms with Gasteiger partial charge >= 0.3 is 0 Å². The van der Waals surface area contributed by atoms with Crippen LogP contribution in [-0.4, -0.2) is 16.8 Å². The normalized spacial score (nSPS) is 43.4. The molecule has 48 valence electrons. The fourth-order valence-electron chi connectivity index (χ4n) is 0.563. The summed E-state index contributed by atoms with van der Waals surface area (Å²) in [6.07, 6.45) is -2.49. The Morgan fingerprint density at radius 3 is 2.25 bits per heavy atom. The van der Waals surface area contributed by atoms with Crippen LogP contribution in [0.3, 0.4) is 0 Å². The molecule has 0 spiro atoms. The summed E-state index contributed by atoms with van der Waals surface area (Å²) < 4.78 is 4.85. The summed E-state index contributed by atoms with van der Waals surface area (Å²) in [6, 6.07) is 0. The number of epoxide rings is 1. The lowest BCUT2D eigenvalue weighted by Gasteiger charge is -2.00. The van der Waals surface area contributed by atoms with Crippen molar-refractivity contribution >= 4 is 18.2 Å². The van der Waals surface area contributed by atoms with E-state index in [1.54, 1.807) is 0 Å². The molecule has 0 bridgehead atoms. The Bertz CT molecular complexity index is 144. The Hall–Kier alpha value is 0.530. The first-order valence-corrected chi connectivity index (χ1v) is 5.17. The van der Waals surface area contributed by atoms with Gasteiger partial charge in [-0.1, -0.05) is 0 Å². The van der Waals surface area contributed by atoms with Gasteiger partial charge in [0.05, 0.1) is 6.10 Å². The van der Waals surface area contributed by atoms with Crippen LogP contribution in [0.4, 0.5) is 0 Å². The Kier molecular flexibility index (Phi) is 1.46. The van der Waals surface area contributed by atoms with Gasteiger partial charge in [-0.25, -0.2) is 0 Å². The van der Waals surface area contributed by atoms with Crippen LogP contribution in [0.2, 0.25) is 0 Å². The molecule has 0 aromatic heterocycles. The molecule has 0 radical (unpaired) electrons. The molecule has 1 fully saturated rings. The van der Waals surface area contributed by atoms with E-state index in [2.05, 4.69) is 11.8 Å². The van der Waals surface area contributed by atoms with E-state index in [1.807, 2.05) is 6.92 Å². The van der Waals surface area contributed by atoms with Crippen molar-refractivity contribution in [2.75, 3.05) is 0 Å². The van der Waals surface area contributed by atoms with E-state index >= 15 is 0 Å². The number of rotatable bonds is 1. The molecule has 1 heterocycles. The van der Waals surface area contributed by atoms with E-state index < -0.39 is 6.42 Å². The molecule has 1 aliphatic heterocycles. The number of nitrogens with two attached hydrogens (primary N) is 1. The van der Waals surface area contributed by atoms with Gasteiger partial charge in [-0.15, -0.1) is 0 Å². The average Bonchev–Trinajstić information content (AvgIpc) is 2.13. The lowest BCUT2D eigenvalue weighted by molar-refractivity contribution is 0.404. The average molecular weight is 153 g/mol. The molecule has 0 aliphatic carbocycles. The second-order valence-corrected chi connectivity index (χ2v) is 5.51. The summed E-state index contributed by atoms with van der Waals surface area (Å²) in [4.78, 5) is 8.91. The lowest BCUT2D eigenvalue weighted by atomic mass is 10.6. The van der Waals surface area contributed by atoms with Crippen LogP contribution < -0.4 is 5.50 Å². The Labute approximate surface area is 53.0 Å². The molecule has 1 rings (SSSR count). The van der Waals surface area contributed by atoms with Crippen molar-refractivity contribution in [2.45, 2.75) is 18.9 Å². The molecule has 3 nitrogen and oxygen atoms in total. The molecular weight excluding hydrogens is 145 g/mol. The molecule has 0 saturated carbocycles. The van der Waals surface area contributed by atoms with Crippen molar-refractivity contribution in [3.05, 3.63) is 0 Å². The van der Waals surface area contributed by atoms with Crippen molar-refractivity contribution in [2.24, 2.45) is 5.50 Å². The molecule has 8 heavy (non-hydrogen) atoms. The Morgan fingerprint density at radius 2 is 2.25 bits per heavy atom. The Morgan fingerprint density at radius 1 is 1.88 bits per heavy atom. The third-order valence-electron chi connectivity index (χ3n) is 1.04. The first kappa shape index (κ1) is 6.65. The molecule has 1 saturated heterocycles. The minimum absolute atomic E-state index is 0.0795. The lowest BCUT2D eigenvalue weighted by Crippen LogP contribution is -2.00. The predicted octanol–water partition coefficient (Wildman–Crippen LogP) is -0.00830. The van der Waals surface area contributed by atoms with Crippen molar-refractivity contribution < 1.29 is 9.63 Å². The van der Waals surface area contributed by atoms with Crippen molar-refractivity contribution in [1.82, 2.24) is 0 Å². The summed E-state index contributed by atoms with van der Waals surface area (Å²) in [5.41, 5.74) is 5.19. The van der Waals surface area contributed by atoms with Crippen LogP contribution in [0.25, 0.3) is 0 Å². The monoisotopic (exact) mass is 153 g/mol. The van der Waals surface area contributed by atoms with Crippen molar-refractivity contribution in [3.63, 3.8) is 0 Å². The maximum atomic E-state index is 8.91. The number of ether oxygens (including phenoxy) is 1. The first-order valence-electron chi connectivity index (χ1n) is 2.28. The molecule has 3 atom stereocenters. The highest BCUT2D eigenvalue weighted by atomic mass is 32.4. The maximum Gasteiger partial charge on any atom is 0.155 e. The van der Waals surface area contributed by atoms with Crippen LogP contribution in [0.1, 0.15) is 6.92 Å². The molecule has 1 unspecified atom stereocenters. The van der Waals surface area contributed by atoms with Gasteiger partial charge in [0.2, 0.25) is 0 Å². The summed E-state index contributed by atoms with van der Waals surface area (Å²) in [6.45, 7) is 1.84. The van der Waals surface area contributed by atoms with Crippen LogP contribution in [0, 0.1) is 0 Å². The highest BCUT2D eigenvalue weighted by Crippen LogP contribution is 2.49. The third-order valence-corrected chi connectivity index (χ3v) is 2.94. The van der Waals surface area contributed by atoms with Gasteiger partial charge in [0.25, 0.3) is 0 Å². The van der Waals surface area contributed by atoms with Crippen molar-refractivity contribution in [1.29, 1.82) is 0 Å². The minimum Gasteiger partial charge on any atom is -0.360 e. The quantitative estimate of drug-likeness (QED) is 0.411. The van der Waals surface area contributed by atoms with Gasteiger partial charge in [-0.05, 0) is 18.7 Å². The van der Waals surface area contributed by atoms with E-state index in [9.17, 15) is 0 Å². The van der Waals surface area contributed by atoms with Crippen LogP contribution >= 0.6 is 6.42 Å². The summed E-state index contributed by atoms with van der Waals surface area (Å²) in [5.74, 6) is -0.225. The predicted molar refractivity (Wildman–Crippen MR) is 35.0 cm³/mol. The summed E-state index contributed by atoms with van der Waals surface area (Å²) in [5, 5.41) is 0. The Balaban J connectivity index is 2.52. The molecule has 0 aromatic carbocycles. The zero-order valence-electron chi connectivity index (χ0n) is 4.44. The molecule has 5 heteroatoms. The van der Waals surface area contributed by atoms with Crippen LogP contribution in [-0.2, 0) is 16.5 Å². The van der Waals surface area contributed by atoms with E-state index in [4.69, 9.17) is 15.1 Å². The summed E-state index contributed by atoms with van der Waals surface area (Å²) >= 11 is 4.57. The van der Waals surface area contributed by atoms with E-state index in [0.29, 0.717) is 0 Å². The highest BCUT2D eigenvalue weighted by molar-refractivity contribution is 8.11.